The Balaban J connectivity index is 1.93. The maximum absolute atomic E-state index is 13.6. The molecule has 0 fully saturated rings. The van der Waals surface area contributed by atoms with Crippen molar-refractivity contribution in [2.75, 3.05) is 86.4 Å². The van der Waals surface area contributed by atoms with E-state index >= 15 is 0 Å². The van der Waals surface area contributed by atoms with Crippen molar-refractivity contribution >= 4 is 0 Å². The molecule has 0 saturated heterocycles. The minimum absolute atomic E-state index is 0.0393. The predicted octanol–water partition coefficient (Wildman–Crippen LogP) is 2.66. The molecular formula is C20H30F4O7. The monoisotopic (exact) mass is 458 g/mol. The van der Waals surface area contributed by atoms with Gasteiger partial charge in [0.25, 0.3) is 0 Å². The molecule has 0 aliphatic rings. The number of methoxy groups -OCH3 is 1. The second-order valence-corrected chi connectivity index (χ2v) is 6.11. The molecule has 0 saturated carbocycles. The van der Waals surface area contributed by atoms with Crippen LogP contribution in [0.15, 0.2) is 0 Å². The lowest BCUT2D eigenvalue weighted by Gasteiger charge is -2.11. The number of ether oxygens (including phenoxy) is 7. The van der Waals surface area contributed by atoms with Crippen LogP contribution in [0.4, 0.5) is 17.6 Å². The Morgan fingerprint density at radius 1 is 0.484 bits per heavy atom. The van der Waals surface area contributed by atoms with Gasteiger partial charge < -0.3 is 33.2 Å². The van der Waals surface area contributed by atoms with Gasteiger partial charge in [0.15, 0.2) is 17.4 Å². The van der Waals surface area contributed by atoms with E-state index in [1.54, 1.807) is 7.11 Å². The Hall–Kier alpha value is -1.50. The van der Waals surface area contributed by atoms with Gasteiger partial charge in [0.1, 0.15) is 6.61 Å². The summed E-state index contributed by atoms with van der Waals surface area (Å²) in [5, 5.41) is 0. The summed E-state index contributed by atoms with van der Waals surface area (Å²) in [6.07, 6.45) is 0. The number of halogens is 4. The largest absolute Gasteiger partial charge is 0.485 e. The standard InChI is InChI=1S/C20H30F4O7/c1-15-16(21)18(23)20(19(24)17(15)22)31-14-13-30-12-11-29-10-9-28-8-7-27-6-5-26-4-3-25-2/h3-14H2,1-2H3. The summed E-state index contributed by atoms with van der Waals surface area (Å²) in [5.41, 5.74) is -0.740. The van der Waals surface area contributed by atoms with Crippen molar-refractivity contribution in [2.45, 2.75) is 6.92 Å². The number of benzene rings is 1. The molecule has 0 amide bonds. The number of rotatable bonds is 19. The van der Waals surface area contributed by atoms with Gasteiger partial charge in [0.2, 0.25) is 11.6 Å². The molecule has 0 aliphatic carbocycles. The van der Waals surface area contributed by atoms with Crippen LogP contribution in [0.3, 0.4) is 0 Å². The lowest BCUT2D eigenvalue weighted by Crippen LogP contribution is -2.15. The zero-order chi connectivity index (χ0) is 22.9. The van der Waals surface area contributed by atoms with Crippen molar-refractivity contribution in [1.29, 1.82) is 0 Å². The summed E-state index contributed by atoms with van der Waals surface area (Å²) in [5.74, 6) is -7.20. The summed E-state index contributed by atoms with van der Waals surface area (Å²) >= 11 is 0. The normalized spacial score (nSPS) is 11.3. The van der Waals surface area contributed by atoms with Gasteiger partial charge in [-0.3, -0.25) is 0 Å². The first-order valence-corrected chi connectivity index (χ1v) is 9.83. The van der Waals surface area contributed by atoms with E-state index in [1.807, 2.05) is 0 Å². The van der Waals surface area contributed by atoms with Gasteiger partial charge in [-0.1, -0.05) is 0 Å². The lowest BCUT2D eigenvalue weighted by atomic mass is 10.2. The van der Waals surface area contributed by atoms with Gasteiger partial charge in [-0.15, -0.1) is 0 Å². The average molecular weight is 458 g/mol. The summed E-state index contributed by atoms with van der Waals surface area (Å²) in [7, 11) is 1.61. The molecular weight excluding hydrogens is 428 g/mol. The van der Waals surface area contributed by atoms with Crippen LogP contribution in [-0.2, 0) is 28.4 Å². The van der Waals surface area contributed by atoms with E-state index in [0.29, 0.717) is 52.9 Å². The van der Waals surface area contributed by atoms with E-state index in [2.05, 4.69) is 0 Å². The van der Waals surface area contributed by atoms with Gasteiger partial charge in [-0.05, 0) is 6.92 Å². The topological polar surface area (TPSA) is 64.6 Å². The van der Waals surface area contributed by atoms with Gasteiger partial charge in [0.05, 0.1) is 72.7 Å². The predicted molar refractivity (Wildman–Crippen MR) is 102 cm³/mol. The third-order valence-electron chi connectivity index (χ3n) is 3.84. The van der Waals surface area contributed by atoms with Crippen molar-refractivity contribution in [3.8, 4) is 5.75 Å². The smallest absolute Gasteiger partial charge is 0.204 e. The minimum Gasteiger partial charge on any atom is -0.485 e. The Labute approximate surface area is 179 Å². The van der Waals surface area contributed by atoms with E-state index in [4.69, 9.17) is 33.2 Å². The second-order valence-electron chi connectivity index (χ2n) is 6.11. The average Bonchev–Trinajstić information content (AvgIpc) is 2.77. The summed E-state index contributed by atoms with van der Waals surface area (Å²) in [4.78, 5) is 0. The van der Waals surface area contributed by atoms with Crippen LogP contribution in [0.5, 0.6) is 5.75 Å². The zero-order valence-corrected chi connectivity index (χ0v) is 17.9. The molecule has 0 atom stereocenters. The van der Waals surface area contributed by atoms with Crippen LogP contribution in [0.25, 0.3) is 0 Å². The first-order chi connectivity index (χ1) is 15.0. The fraction of sp³-hybridized carbons (Fsp3) is 0.700. The van der Waals surface area contributed by atoms with Crippen LogP contribution in [-0.4, -0.2) is 86.4 Å². The van der Waals surface area contributed by atoms with Crippen molar-refractivity contribution in [2.24, 2.45) is 0 Å². The highest BCUT2D eigenvalue weighted by atomic mass is 19.2. The molecule has 7 nitrogen and oxygen atoms in total. The summed E-state index contributed by atoms with van der Waals surface area (Å²) < 4.78 is 90.0. The quantitative estimate of drug-likeness (QED) is 0.179. The molecule has 31 heavy (non-hydrogen) atoms. The first-order valence-electron chi connectivity index (χ1n) is 9.83. The molecule has 0 N–H and O–H groups in total. The third kappa shape index (κ3) is 11.1. The Morgan fingerprint density at radius 3 is 1.16 bits per heavy atom. The zero-order valence-electron chi connectivity index (χ0n) is 17.9. The van der Waals surface area contributed by atoms with E-state index in [-0.39, 0.29) is 26.4 Å². The molecule has 0 bridgehead atoms. The fourth-order valence-electron chi connectivity index (χ4n) is 2.17. The van der Waals surface area contributed by atoms with Crippen molar-refractivity contribution in [1.82, 2.24) is 0 Å². The first kappa shape index (κ1) is 27.5. The van der Waals surface area contributed by atoms with E-state index in [9.17, 15) is 17.6 Å². The van der Waals surface area contributed by atoms with Gasteiger partial charge >= 0.3 is 0 Å². The van der Waals surface area contributed by atoms with Crippen molar-refractivity contribution in [3.05, 3.63) is 28.8 Å². The number of hydrogen-bond donors (Lipinski definition) is 0. The highest BCUT2D eigenvalue weighted by Crippen LogP contribution is 2.29. The summed E-state index contributed by atoms with van der Waals surface area (Å²) in [6.45, 7) is 4.80. The molecule has 1 aromatic carbocycles. The molecule has 0 aromatic heterocycles. The Bertz CT molecular complexity index is 591. The molecule has 0 radical (unpaired) electrons. The van der Waals surface area contributed by atoms with Crippen LogP contribution in [0, 0.1) is 30.2 Å². The molecule has 0 aliphatic heterocycles. The second kappa shape index (κ2) is 17.1. The van der Waals surface area contributed by atoms with Crippen LogP contribution >= 0.6 is 0 Å². The maximum Gasteiger partial charge on any atom is 0.204 e. The molecule has 11 heteroatoms. The summed E-state index contributed by atoms with van der Waals surface area (Å²) in [6, 6.07) is 0. The van der Waals surface area contributed by atoms with E-state index < -0.39 is 34.6 Å². The highest BCUT2D eigenvalue weighted by Gasteiger charge is 2.24. The van der Waals surface area contributed by atoms with E-state index in [0.717, 1.165) is 6.92 Å². The Morgan fingerprint density at radius 2 is 0.806 bits per heavy atom. The van der Waals surface area contributed by atoms with E-state index in [1.165, 1.54) is 0 Å². The van der Waals surface area contributed by atoms with Crippen molar-refractivity contribution < 1.29 is 50.7 Å². The van der Waals surface area contributed by atoms with Gasteiger partial charge in [-0.25, -0.2) is 8.78 Å². The molecule has 1 aromatic rings. The van der Waals surface area contributed by atoms with Gasteiger partial charge in [0, 0.05) is 12.7 Å². The molecule has 1 rings (SSSR count). The molecule has 0 unspecified atom stereocenters. The fourth-order valence-corrected chi connectivity index (χ4v) is 2.17. The van der Waals surface area contributed by atoms with Gasteiger partial charge in [-0.2, -0.15) is 8.78 Å². The Kier molecular flexibility index (Phi) is 15.2. The third-order valence-corrected chi connectivity index (χ3v) is 3.84. The minimum atomic E-state index is -1.57. The molecule has 0 spiro atoms. The van der Waals surface area contributed by atoms with Crippen LogP contribution in [0.2, 0.25) is 0 Å². The molecule has 180 valence electrons. The SMILES string of the molecule is COCCOCCOCCOCCOCCOCCOc1c(F)c(F)c(C)c(F)c1F. The van der Waals surface area contributed by atoms with Crippen LogP contribution in [0.1, 0.15) is 5.56 Å². The number of hydrogen-bond acceptors (Lipinski definition) is 7. The lowest BCUT2D eigenvalue weighted by molar-refractivity contribution is -0.0160. The molecule has 0 heterocycles. The van der Waals surface area contributed by atoms with Crippen LogP contribution < -0.4 is 4.74 Å². The highest BCUT2D eigenvalue weighted by molar-refractivity contribution is 5.33. The maximum atomic E-state index is 13.6. The van der Waals surface area contributed by atoms with Crippen molar-refractivity contribution in [3.63, 3.8) is 0 Å².